The fourth-order valence-electron chi connectivity index (χ4n) is 6.16. The first kappa shape index (κ1) is 24.7. The molecule has 7 nitrogen and oxygen atoms in total. The number of hydrogen-bond acceptors (Lipinski definition) is 7. The highest BCUT2D eigenvalue weighted by atomic mass is 16.1. The third-order valence-corrected chi connectivity index (χ3v) is 8.21. The van der Waals surface area contributed by atoms with E-state index in [4.69, 9.17) is 9.97 Å². The second-order valence-corrected chi connectivity index (χ2v) is 10.9. The Morgan fingerprint density at radius 2 is 1.63 bits per heavy atom. The van der Waals surface area contributed by atoms with Gasteiger partial charge in [0.1, 0.15) is 5.82 Å². The molecule has 4 aliphatic rings. The molecule has 0 amide bonds. The Balaban J connectivity index is 1.18. The smallest absolute Gasteiger partial charge is 0.227 e. The minimum absolute atomic E-state index is 0.327. The van der Waals surface area contributed by atoms with Crippen LogP contribution in [0.1, 0.15) is 88.8 Å². The van der Waals surface area contributed by atoms with Gasteiger partial charge in [-0.2, -0.15) is 4.98 Å². The lowest BCUT2D eigenvalue weighted by molar-refractivity contribution is -0.115. The third kappa shape index (κ3) is 6.62. The Labute approximate surface area is 211 Å². The Morgan fingerprint density at radius 3 is 2.43 bits per heavy atom. The van der Waals surface area contributed by atoms with Crippen molar-refractivity contribution in [3.63, 3.8) is 0 Å². The third-order valence-electron chi connectivity index (χ3n) is 8.21. The van der Waals surface area contributed by atoms with Crippen molar-refractivity contribution < 1.29 is 4.79 Å². The van der Waals surface area contributed by atoms with Crippen LogP contribution < -0.4 is 15.1 Å². The second kappa shape index (κ2) is 12.3. The molecule has 0 radical (unpaired) electrons. The summed E-state index contributed by atoms with van der Waals surface area (Å²) >= 11 is 0. The highest BCUT2D eigenvalue weighted by molar-refractivity contribution is 5.91. The van der Waals surface area contributed by atoms with Crippen LogP contribution in [-0.4, -0.2) is 73.0 Å². The van der Waals surface area contributed by atoms with E-state index < -0.39 is 0 Å². The Kier molecular flexibility index (Phi) is 8.68. The number of anilines is 2. The molecule has 1 aromatic rings. The number of hydrogen-bond donors (Lipinski definition) is 1. The van der Waals surface area contributed by atoms with E-state index in [1.165, 1.54) is 62.6 Å². The minimum Gasteiger partial charge on any atom is -0.356 e. The molecule has 0 aromatic carbocycles. The maximum absolute atomic E-state index is 11.6. The number of unbranched alkanes of at least 4 members (excludes halogenated alkanes) is 3. The maximum atomic E-state index is 11.6. The molecule has 7 heteroatoms. The molecular formula is C28H44N6O. The summed E-state index contributed by atoms with van der Waals surface area (Å²) in [6, 6.07) is 2.61. The standard InChI is InChI=1S/C28H44N6O/c35-24-12-9-11-23(20-24)10-3-1-2-4-14-32-19-13-29-22-26(32)25-21-27(33-15-5-6-16-33)31-28(30-25)34-17-7-8-18-34/h20-21,26,29H,1-19,22H2. The van der Waals surface area contributed by atoms with Gasteiger partial charge in [0.2, 0.25) is 5.95 Å². The number of carbonyl (C=O) groups is 1. The molecule has 1 aromatic heterocycles. The van der Waals surface area contributed by atoms with Crippen LogP contribution in [0.25, 0.3) is 0 Å². The van der Waals surface area contributed by atoms with Gasteiger partial charge in [-0.15, -0.1) is 0 Å². The molecule has 1 N–H and O–H groups in total. The van der Waals surface area contributed by atoms with Crippen molar-refractivity contribution in [1.82, 2.24) is 20.2 Å². The molecule has 0 spiro atoms. The SMILES string of the molecule is O=C1C=C(CCCCCCN2CCNCC2c2cc(N3CCCC3)nc(N3CCCC3)n2)CCC1. The van der Waals surface area contributed by atoms with Gasteiger partial charge < -0.3 is 15.1 Å². The number of ketones is 1. The topological polar surface area (TPSA) is 64.6 Å². The molecule has 0 saturated carbocycles. The van der Waals surface area contributed by atoms with Gasteiger partial charge in [0.15, 0.2) is 5.78 Å². The Hall–Kier alpha value is -1.99. The summed E-state index contributed by atoms with van der Waals surface area (Å²) in [5.41, 5.74) is 2.58. The number of carbonyl (C=O) groups excluding carboxylic acids is 1. The second-order valence-electron chi connectivity index (χ2n) is 10.9. The average molecular weight is 481 g/mol. The zero-order valence-electron chi connectivity index (χ0n) is 21.5. The molecule has 1 atom stereocenters. The fourth-order valence-corrected chi connectivity index (χ4v) is 6.16. The summed E-state index contributed by atoms with van der Waals surface area (Å²) in [6.45, 7) is 8.65. The van der Waals surface area contributed by atoms with Gasteiger partial charge in [-0.1, -0.05) is 18.4 Å². The molecule has 3 aliphatic heterocycles. The lowest BCUT2D eigenvalue weighted by atomic mass is 9.94. The Morgan fingerprint density at radius 1 is 0.857 bits per heavy atom. The molecular weight excluding hydrogens is 436 g/mol. The first-order valence-electron chi connectivity index (χ1n) is 14.3. The van der Waals surface area contributed by atoms with Crippen LogP contribution in [0.2, 0.25) is 0 Å². The molecule has 4 heterocycles. The minimum atomic E-state index is 0.327. The fraction of sp³-hybridized carbons (Fsp3) is 0.750. The lowest BCUT2D eigenvalue weighted by Crippen LogP contribution is -2.46. The van der Waals surface area contributed by atoms with Gasteiger partial charge in [0, 0.05) is 58.3 Å². The van der Waals surface area contributed by atoms with E-state index in [2.05, 4.69) is 26.1 Å². The van der Waals surface area contributed by atoms with E-state index in [9.17, 15) is 4.79 Å². The highest BCUT2D eigenvalue weighted by Gasteiger charge is 2.28. The summed E-state index contributed by atoms with van der Waals surface area (Å²) in [5, 5.41) is 3.63. The van der Waals surface area contributed by atoms with Crippen LogP contribution >= 0.6 is 0 Å². The monoisotopic (exact) mass is 480 g/mol. The van der Waals surface area contributed by atoms with Crippen LogP contribution in [0.5, 0.6) is 0 Å². The first-order valence-corrected chi connectivity index (χ1v) is 14.3. The van der Waals surface area contributed by atoms with E-state index in [0.717, 1.165) is 89.8 Å². The predicted molar refractivity (Wildman–Crippen MR) is 142 cm³/mol. The summed E-state index contributed by atoms with van der Waals surface area (Å²) in [6.07, 6.45) is 16.0. The van der Waals surface area contributed by atoms with E-state index in [1.807, 2.05) is 6.08 Å². The quantitative estimate of drug-likeness (QED) is 0.502. The summed E-state index contributed by atoms with van der Waals surface area (Å²) in [7, 11) is 0. The van der Waals surface area contributed by atoms with Gasteiger partial charge in [0.25, 0.3) is 0 Å². The van der Waals surface area contributed by atoms with Crippen molar-refractivity contribution >= 4 is 17.5 Å². The van der Waals surface area contributed by atoms with Gasteiger partial charge in [0.05, 0.1) is 11.7 Å². The zero-order chi connectivity index (χ0) is 23.9. The van der Waals surface area contributed by atoms with E-state index in [1.54, 1.807) is 0 Å². The van der Waals surface area contributed by atoms with Gasteiger partial charge in [-0.25, -0.2) is 4.98 Å². The normalized spacial score (nSPS) is 23.8. The van der Waals surface area contributed by atoms with Crippen LogP contribution in [0.15, 0.2) is 17.7 Å². The highest BCUT2D eigenvalue weighted by Crippen LogP contribution is 2.29. The number of piperazine rings is 1. The van der Waals surface area contributed by atoms with Crippen LogP contribution in [-0.2, 0) is 4.79 Å². The first-order chi connectivity index (χ1) is 17.3. The van der Waals surface area contributed by atoms with E-state index >= 15 is 0 Å². The number of nitrogens with zero attached hydrogens (tertiary/aromatic N) is 5. The largest absolute Gasteiger partial charge is 0.356 e. The molecule has 5 rings (SSSR count). The molecule has 1 unspecified atom stereocenters. The number of nitrogens with one attached hydrogen (secondary N) is 1. The number of rotatable bonds is 10. The van der Waals surface area contributed by atoms with Crippen LogP contribution in [0.3, 0.4) is 0 Å². The average Bonchev–Trinajstić information content (AvgIpc) is 3.61. The van der Waals surface area contributed by atoms with Crippen LogP contribution in [0.4, 0.5) is 11.8 Å². The van der Waals surface area contributed by atoms with Crippen LogP contribution in [0, 0.1) is 0 Å². The van der Waals surface area contributed by atoms with E-state index in [0.29, 0.717) is 11.8 Å². The van der Waals surface area contributed by atoms with Crippen molar-refractivity contribution in [1.29, 1.82) is 0 Å². The van der Waals surface area contributed by atoms with Crippen molar-refractivity contribution in [2.75, 3.05) is 62.2 Å². The molecule has 35 heavy (non-hydrogen) atoms. The van der Waals surface area contributed by atoms with Gasteiger partial charge >= 0.3 is 0 Å². The molecule has 0 bridgehead atoms. The number of aromatic nitrogens is 2. The lowest BCUT2D eigenvalue weighted by Gasteiger charge is -2.36. The Bertz CT molecular complexity index is 840. The molecule has 192 valence electrons. The summed E-state index contributed by atoms with van der Waals surface area (Å²) < 4.78 is 0. The summed E-state index contributed by atoms with van der Waals surface area (Å²) in [5.74, 6) is 2.42. The van der Waals surface area contributed by atoms with Crippen molar-refractivity contribution in [2.45, 2.75) is 83.1 Å². The zero-order valence-corrected chi connectivity index (χ0v) is 21.5. The molecule has 3 saturated heterocycles. The van der Waals surface area contributed by atoms with Gasteiger partial charge in [-0.3, -0.25) is 9.69 Å². The maximum Gasteiger partial charge on any atom is 0.227 e. The molecule has 1 aliphatic carbocycles. The van der Waals surface area contributed by atoms with Crippen molar-refractivity contribution in [3.05, 3.63) is 23.4 Å². The molecule has 3 fully saturated rings. The van der Waals surface area contributed by atoms with Gasteiger partial charge in [-0.05, 0) is 70.4 Å². The summed E-state index contributed by atoms with van der Waals surface area (Å²) in [4.78, 5) is 29.3. The van der Waals surface area contributed by atoms with Crippen molar-refractivity contribution in [3.8, 4) is 0 Å². The van der Waals surface area contributed by atoms with E-state index in [-0.39, 0.29) is 0 Å². The van der Waals surface area contributed by atoms with Crippen molar-refractivity contribution in [2.24, 2.45) is 0 Å². The number of allylic oxidation sites excluding steroid dienone is 2. The predicted octanol–water partition coefficient (Wildman–Crippen LogP) is 4.25.